The average molecular weight is 111 g/mol. The van der Waals surface area contributed by atoms with E-state index in [4.69, 9.17) is 0 Å². The summed E-state index contributed by atoms with van der Waals surface area (Å²) in [6.45, 7) is 3.53. The zero-order valence-corrected chi connectivity index (χ0v) is 5.29. The second kappa shape index (κ2) is 4.60. The molecule has 1 heteroatoms. The van der Waals surface area contributed by atoms with Crippen LogP contribution in [0.2, 0.25) is 0 Å². The van der Waals surface area contributed by atoms with Crippen molar-refractivity contribution in [3.8, 4) is 0 Å². The fraction of sp³-hybridized carbons (Fsp3) is 0.429. The molecule has 1 nitrogen and oxygen atoms in total. The van der Waals surface area contributed by atoms with Crippen LogP contribution in [0, 0.1) is 0 Å². The predicted octanol–water partition coefficient (Wildman–Crippen LogP) is 1.94. The summed E-state index contributed by atoms with van der Waals surface area (Å²) >= 11 is 0. The molecule has 0 aliphatic rings. The van der Waals surface area contributed by atoms with Gasteiger partial charge in [-0.15, -0.1) is 0 Å². The van der Waals surface area contributed by atoms with Gasteiger partial charge in [0.25, 0.3) is 0 Å². The molecule has 0 fully saturated rings. The minimum absolute atomic E-state index is 0.578. The standard InChI is InChI=1S/C7H11O/c1-3-4-5-6-7(2)8/h3-7H,1-2H3/b4-3+,6-5+. The Bertz CT molecular complexity index is 90.6. The van der Waals surface area contributed by atoms with Crippen LogP contribution in [0.25, 0.3) is 0 Å². The van der Waals surface area contributed by atoms with Crippen molar-refractivity contribution in [1.82, 2.24) is 0 Å². The molecule has 0 aromatic carbocycles. The van der Waals surface area contributed by atoms with Crippen LogP contribution >= 0.6 is 0 Å². The van der Waals surface area contributed by atoms with Gasteiger partial charge in [0.1, 0.15) is 6.10 Å². The molecule has 0 N–H and O–H groups in total. The molecule has 8 heavy (non-hydrogen) atoms. The van der Waals surface area contributed by atoms with Gasteiger partial charge in [-0.05, 0) is 13.8 Å². The highest BCUT2D eigenvalue weighted by Crippen LogP contribution is 1.83. The monoisotopic (exact) mass is 111 g/mol. The summed E-state index contributed by atoms with van der Waals surface area (Å²) in [7, 11) is 0. The summed E-state index contributed by atoms with van der Waals surface area (Å²) in [4.78, 5) is 0. The molecule has 0 bridgehead atoms. The van der Waals surface area contributed by atoms with Crippen LogP contribution in [-0.4, -0.2) is 6.10 Å². The zero-order valence-electron chi connectivity index (χ0n) is 5.29. The van der Waals surface area contributed by atoms with Crippen molar-refractivity contribution in [2.45, 2.75) is 20.0 Å². The largest absolute Gasteiger partial charge is 0.229 e. The predicted molar refractivity (Wildman–Crippen MR) is 34.1 cm³/mol. The van der Waals surface area contributed by atoms with E-state index in [1.165, 1.54) is 0 Å². The Labute approximate surface area is 50.3 Å². The topological polar surface area (TPSA) is 19.9 Å². The first-order valence-electron chi connectivity index (χ1n) is 2.72. The maximum Gasteiger partial charge on any atom is 0.109 e. The molecule has 0 rings (SSSR count). The van der Waals surface area contributed by atoms with Crippen molar-refractivity contribution in [3.63, 3.8) is 0 Å². The van der Waals surface area contributed by atoms with E-state index in [0.29, 0.717) is 0 Å². The van der Waals surface area contributed by atoms with E-state index in [1.807, 2.05) is 19.1 Å². The molecule has 0 saturated heterocycles. The fourth-order valence-electron chi connectivity index (χ4n) is 0.332. The van der Waals surface area contributed by atoms with E-state index >= 15 is 0 Å². The van der Waals surface area contributed by atoms with Crippen molar-refractivity contribution in [2.75, 3.05) is 0 Å². The summed E-state index contributed by atoms with van der Waals surface area (Å²) in [5.74, 6) is 0. The van der Waals surface area contributed by atoms with Crippen molar-refractivity contribution < 1.29 is 5.11 Å². The van der Waals surface area contributed by atoms with Crippen molar-refractivity contribution >= 4 is 0 Å². The van der Waals surface area contributed by atoms with Crippen molar-refractivity contribution in [1.29, 1.82) is 0 Å². The van der Waals surface area contributed by atoms with E-state index < -0.39 is 6.10 Å². The first kappa shape index (κ1) is 7.44. The summed E-state index contributed by atoms with van der Waals surface area (Å²) < 4.78 is 0. The lowest BCUT2D eigenvalue weighted by Gasteiger charge is -1.84. The van der Waals surface area contributed by atoms with E-state index in [-0.39, 0.29) is 0 Å². The summed E-state index contributed by atoms with van der Waals surface area (Å²) in [5.41, 5.74) is 0. The van der Waals surface area contributed by atoms with E-state index in [9.17, 15) is 5.11 Å². The molecule has 0 aliphatic heterocycles. The number of allylic oxidation sites excluding steroid dienone is 3. The second-order valence-corrected chi connectivity index (χ2v) is 1.62. The third-order valence-electron chi connectivity index (χ3n) is 0.686. The van der Waals surface area contributed by atoms with Crippen LogP contribution in [0.5, 0.6) is 0 Å². The van der Waals surface area contributed by atoms with Crippen LogP contribution in [0.1, 0.15) is 13.8 Å². The van der Waals surface area contributed by atoms with Gasteiger partial charge in [0.2, 0.25) is 0 Å². The highest BCUT2D eigenvalue weighted by molar-refractivity contribution is 5.02. The van der Waals surface area contributed by atoms with Crippen LogP contribution in [0.4, 0.5) is 0 Å². The minimum atomic E-state index is -0.578. The molecule has 0 aromatic heterocycles. The number of hydrogen-bond donors (Lipinski definition) is 0. The molecule has 1 unspecified atom stereocenters. The summed E-state index contributed by atoms with van der Waals surface area (Å²) in [6.07, 6.45) is 6.52. The molecule has 0 aliphatic carbocycles. The Hall–Kier alpha value is -0.560. The first-order chi connectivity index (χ1) is 3.77. The molecular weight excluding hydrogens is 100 g/mol. The fourth-order valence-corrected chi connectivity index (χ4v) is 0.332. The summed E-state index contributed by atoms with van der Waals surface area (Å²) in [6, 6.07) is 0. The molecule has 45 valence electrons. The quantitative estimate of drug-likeness (QED) is 0.485. The van der Waals surface area contributed by atoms with Gasteiger partial charge in [0.15, 0.2) is 0 Å². The second-order valence-electron chi connectivity index (χ2n) is 1.62. The molecule has 0 heterocycles. The molecule has 0 aromatic rings. The normalized spacial score (nSPS) is 15.9. The third-order valence-corrected chi connectivity index (χ3v) is 0.686. The first-order valence-corrected chi connectivity index (χ1v) is 2.72. The van der Waals surface area contributed by atoms with E-state index in [0.717, 1.165) is 0 Å². The third kappa shape index (κ3) is 5.44. The van der Waals surface area contributed by atoms with Crippen molar-refractivity contribution in [2.24, 2.45) is 0 Å². The zero-order chi connectivity index (χ0) is 6.41. The minimum Gasteiger partial charge on any atom is -0.229 e. The van der Waals surface area contributed by atoms with Gasteiger partial charge < -0.3 is 0 Å². The van der Waals surface area contributed by atoms with Crippen LogP contribution < -0.4 is 0 Å². The van der Waals surface area contributed by atoms with Gasteiger partial charge in [0, 0.05) is 0 Å². The van der Waals surface area contributed by atoms with Crippen LogP contribution in [0.15, 0.2) is 24.3 Å². The van der Waals surface area contributed by atoms with Crippen LogP contribution in [-0.2, 0) is 5.11 Å². The van der Waals surface area contributed by atoms with Crippen LogP contribution in [0.3, 0.4) is 0 Å². The lowest BCUT2D eigenvalue weighted by atomic mass is 10.3. The SMILES string of the molecule is C/C=C/C=C/C(C)[O]. The van der Waals surface area contributed by atoms with Gasteiger partial charge >= 0.3 is 0 Å². The van der Waals surface area contributed by atoms with E-state index in [2.05, 4.69) is 0 Å². The molecule has 0 amide bonds. The van der Waals surface area contributed by atoms with Gasteiger partial charge in [0.05, 0.1) is 0 Å². The number of rotatable bonds is 2. The van der Waals surface area contributed by atoms with E-state index in [1.54, 1.807) is 19.1 Å². The van der Waals surface area contributed by atoms with Gasteiger partial charge in [-0.1, -0.05) is 24.3 Å². The van der Waals surface area contributed by atoms with Gasteiger partial charge in [-0.2, -0.15) is 0 Å². The lowest BCUT2D eigenvalue weighted by Crippen LogP contribution is -1.87. The molecule has 1 radical (unpaired) electrons. The Balaban J connectivity index is 3.34. The molecule has 1 atom stereocenters. The maximum atomic E-state index is 10.3. The Morgan fingerprint density at radius 2 is 2.00 bits per heavy atom. The van der Waals surface area contributed by atoms with Gasteiger partial charge in [-0.3, -0.25) is 0 Å². The highest BCUT2D eigenvalue weighted by atomic mass is 16.3. The summed E-state index contributed by atoms with van der Waals surface area (Å²) in [5, 5.41) is 10.3. The Morgan fingerprint density at radius 3 is 2.38 bits per heavy atom. The highest BCUT2D eigenvalue weighted by Gasteiger charge is 1.82. The van der Waals surface area contributed by atoms with Gasteiger partial charge in [-0.25, -0.2) is 5.11 Å². The number of hydrogen-bond acceptors (Lipinski definition) is 0. The molecular formula is C7H11O. The van der Waals surface area contributed by atoms with Crippen molar-refractivity contribution in [3.05, 3.63) is 24.3 Å². The molecule has 0 spiro atoms. The Morgan fingerprint density at radius 1 is 1.38 bits per heavy atom. The molecule has 0 saturated carbocycles. The Kier molecular flexibility index (Phi) is 4.27. The average Bonchev–Trinajstić information content (AvgIpc) is 1.66. The smallest absolute Gasteiger partial charge is 0.109 e. The maximum absolute atomic E-state index is 10.3. The lowest BCUT2D eigenvalue weighted by molar-refractivity contribution is 0.146.